The van der Waals surface area contributed by atoms with E-state index in [1.54, 1.807) is 54.2 Å². The number of hydrogen-bond acceptors (Lipinski definition) is 4. The summed E-state index contributed by atoms with van der Waals surface area (Å²) in [6, 6.07) is 17.7. The van der Waals surface area contributed by atoms with Crippen molar-refractivity contribution in [1.82, 2.24) is 9.78 Å². The SMILES string of the molecule is Cc1cc(NC(=O)COc2ccccc2C(=O)Nc2ccccc2)n(C)n1. The van der Waals surface area contributed by atoms with Crippen LogP contribution in [-0.4, -0.2) is 28.2 Å². The second-order valence-corrected chi connectivity index (χ2v) is 5.95. The lowest BCUT2D eigenvalue weighted by molar-refractivity contribution is -0.118. The van der Waals surface area contributed by atoms with E-state index in [-0.39, 0.29) is 18.4 Å². The molecule has 2 amide bonds. The third kappa shape index (κ3) is 4.72. The molecule has 0 aliphatic carbocycles. The Morgan fingerprint density at radius 3 is 2.44 bits per heavy atom. The molecule has 2 N–H and O–H groups in total. The van der Waals surface area contributed by atoms with Crippen molar-refractivity contribution in [3.63, 3.8) is 0 Å². The second-order valence-electron chi connectivity index (χ2n) is 5.95. The highest BCUT2D eigenvalue weighted by Gasteiger charge is 2.14. The van der Waals surface area contributed by atoms with Gasteiger partial charge in [-0.05, 0) is 31.2 Å². The van der Waals surface area contributed by atoms with E-state index in [1.165, 1.54) is 0 Å². The van der Waals surface area contributed by atoms with Crippen LogP contribution < -0.4 is 15.4 Å². The summed E-state index contributed by atoms with van der Waals surface area (Å²) in [6.07, 6.45) is 0. The van der Waals surface area contributed by atoms with Gasteiger partial charge in [-0.3, -0.25) is 14.3 Å². The van der Waals surface area contributed by atoms with Crippen molar-refractivity contribution < 1.29 is 14.3 Å². The number of hydrogen-bond donors (Lipinski definition) is 2. The number of rotatable bonds is 6. The normalized spacial score (nSPS) is 10.3. The van der Waals surface area contributed by atoms with E-state index in [0.717, 1.165) is 5.69 Å². The molecule has 7 nitrogen and oxygen atoms in total. The van der Waals surface area contributed by atoms with Crippen molar-refractivity contribution in [3.8, 4) is 5.75 Å². The fourth-order valence-electron chi connectivity index (χ4n) is 2.55. The molecule has 0 aliphatic heterocycles. The molecular formula is C20H20N4O3. The van der Waals surface area contributed by atoms with Crippen molar-refractivity contribution in [2.24, 2.45) is 7.05 Å². The van der Waals surface area contributed by atoms with E-state index >= 15 is 0 Å². The minimum absolute atomic E-state index is 0.222. The molecule has 3 rings (SSSR count). The van der Waals surface area contributed by atoms with Gasteiger partial charge in [-0.2, -0.15) is 5.10 Å². The molecule has 0 fully saturated rings. The summed E-state index contributed by atoms with van der Waals surface area (Å²) in [5.41, 5.74) is 1.84. The summed E-state index contributed by atoms with van der Waals surface area (Å²) in [5, 5.41) is 9.70. The summed E-state index contributed by atoms with van der Waals surface area (Å²) in [4.78, 5) is 24.7. The summed E-state index contributed by atoms with van der Waals surface area (Å²) in [7, 11) is 1.74. The molecule has 3 aromatic rings. The topological polar surface area (TPSA) is 85.2 Å². The van der Waals surface area contributed by atoms with Crippen LogP contribution in [0, 0.1) is 6.92 Å². The highest BCUT2D eigenvalue weighted by molar-refractivity contribution is 6.06. The quantitative estimate of drug-likeness (QED) is 0.704. The zero-order valence-electron chi connectivity index (χ0n) is 15.1. The smallest absolute Gasteiger partial charge is 0.263 e. The summed E-state index contributed by atoms with van der Waals surface area (Å²) in [6.45, 7) is 1.62. The Morgan fingerprint density at radius 1 is 1.04 bits per heavy atom. The van der Waals surface area contributed by atoms with Crippen molar-refractivity contribution in [1.29, 1.82) is 0 Å². The largest absolute Gasteiger partial charge is 0.483 e. The van der Waals surface area contributed by atoms with E-state index in [0.29, 0.717) is 22.8 Å². The average Bonchev–Trinajstić information content (AvgIpc) is 2.98. The van der Waals surface area contributed by atoms with Gasteiger partial charge < -0.3 is 15.4 Å². The lowest BCUT2D eigenvalue weighted by Crippen LogP contribution is -2.22. The lowest BCUT2D eigenvalue weighted by Gasteiger charge is -2.12. The Hall–Kier alpha value is -3.61. The predicted octanol–water partition coefficient (Wildman–Crippen LogP) is 3.00. The fourth-order valence-corrected chi connectivity index (χ4v) is 2.55. The van der Waals surface area contributed by atoms with Gasteiger partial charge in [-0.15, -0.1) is 0 Å². The van der Waals surface area contributed by atoms with E-state index < -0.39 is 0 Å². The van der Waals surface area contributed by atoms with Crippen molar-refractivity contribution in [2.75, 3.05) is 17.2 Å². The van der Waals surface area contributed by atoms with Crippen LogP contribution in [0.3, 0.4) is 0 Å². The van der Waals surface area contributed by atoms with Gasteiger partial charge in [0.2, 0.25) is 0 Å². The monoisotopic (exact) mass is 364 g/mol. The highest BCUT2D eigenvalue weighted by atomic mass is 16.5. The summed E-state index contributed by atoms with van der Waals surface area (Å²) < 4.78 is 7.15. The Bertz CT molecular complexity index is 951. The molecule has 27 heavy (non-hydrogen) atoms. The van der Waals surface area contributed by atoms with Crippen LogP contribution in [0.4, 0.5) is 11.5 Å². The zero-order valence-corrected chi connectivity index (χ0v) is 15.1. The standard InChI is InChI=1S/C20H20N4O3/c1-14-12-18(24(2)23-14)22-19(25)13-27-17-11-7-6-10-16(17)20(26)21-15-8-4-3-5-9-15/h3-12H,13H2,1-2H3,(H,21,26)(H,22,25). The minimum Gasteiger partial charge on any atom is -0.483 e. The number of nitrogens with one attached hydrogen (secondary N) is 2. The number of anilines is 2. The van der Waals surface area contributed by atoms with E-state index in [2.05, 4.69) is 15.7 Å². The third-order valence-corrected chi connectivity index (χ3v) is 3.79. The van der Waals surface area contributed by atoms with Crippen LogP contribution in [-0.2, 0) is 11.8 Å². The molecule has 138 valence electrons. The van der Waals surface area contributed by atoms with Crippen LogP contribution in [0.1, 0.15) is 16.1 Å². The van der Waals surface area contributed by atoms with Crippen LogP contribution in [0.25, 0.3) is 0 Å². The van der Waals surface area contributed by atoms with Crippen molar-refractivity contribution >= 4 is 23.3 Å². The number of amides is 2. The van der Waals surface area contributed by atoms with Crippen LogP contribution in [0.15, 0.2) is 60.7 Å². The van der Waals surface area contributed by atoms with Crippen LogP contribution >= 0.6 is 0 Å². The Morgan fingerprint density at radius 2 is 1.74 bits per heavy atom. The molecule has 0 atom stereocenters. The van der Waals surface area contributed by atoms with E-state index in [9.17, 15) is 9.59 Å². The first-order valence-electron chi connectivity index (χ1n) is 8.41. The molecule has 0 unspecified atom stereocenters. The fraction of sp³-hybridized carbons (Fsp3) is 0.150. The van der Waals surface area contributed by atoms with Crippen molar-refractivity contribution in [3.05, 3.63) is 71.9 Å². The molecule has 0 radical (unpaired) electrons. The Balaban J connectivity index is 1.64. The molecule has 0 bridgehead atoms. The first kappa shape index (κ1) is 18.2. The summed E-state index contributed by atoms with van der Waals surface area (Å²) in [5.74, 6) is 0.272. The summed E-state index contributed by atoms with van der Waals surface area (Å²) >= 11 is 0. The maximum Gasteiger partial charge on any atom is 0.263 e. The Kier molecular flexibility index (Phi) is 5.51. The first-order valence-corrected chi connectivity index (χ1v) is 8.41. The van der Waals surface area contributed by atoms with Gasteiger partial charge in [0, 0.05) is 18.8 Å². The van der Waals surface area contributed by atoms with E-state index in [4.69, 9.17) is 4.74 Å². The van der Waals surface area contributed by atoms with Gasteiger partial charge in [0.15, 0.2) is 6.61 Å². The molecule has 7 heteroatoms. The molecule has 0 aliphatic rings. The van der Waals surface area contributed by atoms with Crippen LogP contribution in [0.2, 0.25) is 0 Å². The molecule has 0 spiro atoms. The van der Waals surface area contributed by atoms with E-state index in [1.807, 2.05) is 25.1 Å². The number of carbonyl (C=O) groups is 2. The lowest BCUT2D eigenvalue weighted by atomic mass is 10.2. The number of carbonyl (C=O) groups excluding carboxylic acids is 2. The number of benzene rings is 2. The number of para-hydroxylation sites is 2. The maximum absolute atomic E-state index is 12.5. The van der Waals surface area contributed by atoms with Crippen molar-refractivity contribution in [2.45, 2.75) is 6.92 Å². The molecule has 2 aromatic carbocycles. The molecular weight excluding hydrogens is 344 g/mol. The molecule has 0 saturated carbocycles. The van der Waals surface area contributed by atoms with Gasteiger partial charge in [0.25, 0.3) is 11.8 Å². The molecule has 1 heterocycles. The number of aryl methyl sites for hydroxylation is 2. The Labute approximate surface area is 157 Å². The van der Waals surface area contributed by atoms with Gasteiger partial charge in [-0.25, -0.2) is 0 Å². The first-order chi connectivity index (χ1) is 13.0. The molecule has 0 saturated heterocycles. The van der Waals surface area contributed by atoms with Gasteiger partial charge in [-0.1, -0.05) is 30.3 Å². The number of aromatic nitrogens is 2. The van der Waals surface area contributed by atoms with Crippen LogP contribution in [0.5, 0.6) is 5.75 Å². The minimum atomic E-state index is -0.337. The van der Waals surface area contributed by atoms with Gasteiger partial charge in [0.1, 0.15) is 11.6 Å². The highest BCUT2D eigenvalue weighted by Crippen LogP contribution is 2.20. The number of nitrogens with zero attached hydrogens (tertiary/aromatic N) is 2. The van der Waals surface area contributed by atoms with Gasteiger partial charge in [0.05, 0.1) is 11.3 Å². The predicted molar refractivity (Wildman–Crippen MR) is 103 cm³/mol. The maximum atomic E-state index is 12.5. The number of ether oxygens (including phenoxy) is 1. The zero-order chi connectivity index (χ0) is 19.2. The molecule has 1 aromatic heterocycles. The van der Waals surface area contributed by atoms with Gasteiger partial charge >= 0.3 is 0 Å². The second kappa shape index (κ2) is 8.18. The third-order valence-electron chi connectivity index (χ3n) is 3.79. The average molecular weight is 364 g/mol.